The Morgan fingerprint density at radius 1 is 1.10 bits per heavy atom. The van der Waals surface area contributed by atoms with Crippen LogP contribution in [0.15, 0.2) is 52.6 Å². The van der Waals surface area contributed by atoms with Crippen molar-refractivity contribution < 1.29 is 19.0 Å². The zero-order valence-electron chi connectivity index (χ0n) is 15.8. The lowest BCUT2D eigenvalue weighted by Crippen LogP contribution is -2.23. The van der Waals surface area contributed by atoms with E-state index >= 15 is 0 Å². The molecule has 0 bridgehead atoms. The number of anilines is 1. The molecular formula is C20H15ClN2O5S2. The van der Waals surface area contributed by atoms with Crippen LogP contribution in [0, 0.1) is 0 Å². The summed E-state index contributed by atoms with van der Waals surface area (Å²) in [7, 11) is 5.89. The minimum atomic E-state index is -0.806. The van der Waals surface area contributed by atoms with Gasteiger partial charge in [0.2, 0.25) is 0 Å². The molecule has 2 aromatic carbocycles. The second-order valence-corrected chi connectivity index (χ2v) is 8.50. The summed E-state index contributed by atoms with van der Waals surface area (Å²) in [5, 5.41) is 4.70. The number of nitrogens with one attached hydrogen (secondary N) is 1. The van der Waals surface area contributed by atoms with Crippen molar-refractivity contribution in [3.8, 4) is 33.5 Å². The van der Waals surface area contributed by atoms with Crippen LogP contribution in [0.25, 0.3) is 16.3 Å². The van der Waals surface area contributed by atoms with Crippen molar-refractivity contribution in [3.05, 3.63) is 63.2 Å². The number of ether oxygens (including phenoxy) is 3. The molecule has 0 aliphatic carbocycles. The molecular weight excluding hydrogens is 448 g/mol. The van der Waals surface area contributed by atoms with Gasteiger partial charge in [-0.05, 0) is 24.3 Å². The number of methoxy groups -OCH3 is 2. The van der Waals surface area contributed by atoms with Gasteiger partial charge in [0, 0.05) is 11.4 Å². The van der Waals surface area contributed by atoms with Crippen LogP contribution >= 0.6 is 32.3 Å². The number of benzene rings is 2. The standard InChI is InChI=1S/C20H15ClN2O5S2/c1-26-11-7-8-13(16(9-11)27-2)23-14-10-29-30-18(14)17(19(23)24)22-20(25)28-15-6-4-3-5-12(15)21/h3-10H,1-2H3,(H,22,25). The Kier molecular flexibility index (Phi) is 5.67. The smallest absolute Gasteiger partial charge is 0.417 e. The summed E-state index contributed by atoms with van der Waals surface area (Å²) >= 11 is 6.03. The van der Waals surface area contributed by atoms with Crippen molar-refractivity contribution in [1.29, 1.82) is 0 Å². The first-order chi connectivity index (χ1) is 14.5. The molecule has 30 heavy (non-hydrogen) atoms. The summed E-state index contributed by atoms with van der Waals surface area (Å²) in [6.07, 6.45) is -0.806. The van der Waals surface area contributed by atoms with Crippen molar-refractivity contribution in [3.63, 3.8) is 0 Å². The van der Waals surface area contributed by atoms with Crippen LogP contribution in [-0.2, 0) is 0 Å². The summed E-state index contributed by atoms with van der Waals surface area (Å²) < 4.78 is 17.4. The molecule has 7 nitrogen and oxygen atoms in total. The normalized spacial score (nSPS) is 10.8. The van der Waals surface area contributed by atoms with E-state index in [1.165, 1.54) is 32.4 Å². The van der Waals surface area contributed by atoms with Crippen LogP contribution in [-0.4, -0.2) is 24.9 Å². The molecule has 0 unspecified atom stereocenters. The number of carbonyl (C=O) groups is 1. The number of rotatable bonds is 5. The average Bonchev–Trinajstić information content (AvgIpc) is 3.31. The minimum absolute atomic E-state index is 0.131. The maximum Gasteiger partial charge on any atom is 0.417 e. The van der Waals surface area contributed by atoms with Gasteiger partial charge in [-0.1, -0.05) is 44.4 Å². The Labute approximate surface area is 183 Å². The molecule has 0 atom stereocenters. The largest absolute Gasteiger partial charge is 0.497 e. The molecule has 1 amide bonds. The topological polar surface area (TPSA) is 78.8 Å². The third kappa shape index (κ3) is 3.62. The molecule has 0 saturated carbocycles. The first kappa shape index (κ1) is 20.3. The van der Waals surface area contributed by atoms with Crippen LogP contribution in [0.1, 0.15) is 0 Å². The molecule has 0 saturated heterocycles. The second-order valence-electron chi connectivity index (χ2n) is 6.01. The van der Waals surface area contributed by atoms with E-state index in [1.807, 2.05) is 5.38 Å². The van der Waals surface area contributed by atoms with E-state index in [9.17, 15) is 9.59 Å². The predicted molar refractivity (Wildman–Crippen MR) is 119 cm³/mol. The molecule has 0 fully saturated rings. The van der Waals surface area contributed by atoms with E-state index in [-0.39, 0.29) is 11.4 Å². The van der Waals surface area contributed by atoms with Gasteiger partial charge in [0.1, 0.15) is 17.2 Å². The van der Waals surface area contributed by atoms with Gasteiger partial charge in [-0.2, -0.15) is 0 Å². The van der Waals surface area contributed by atoms with Crippen LogP contribution in [0.3, 0.4) is 0 Å². The zero-order valence-corrected chi connectivity index (χ0v) is 18.2. The van der Waals surface area contributed by atoms with Gasteiger partial charge < -0.3 is 14.2 Å². The van der Waals surface area contributed by atoms with Crippen LogP contribution < -0.4 is 25.1 Å². The lowest BCUT2D eigenvalue weighted by molar-refractivity contribution is 0.215. The van der Waals surface area contributed by atoms with Gasteiger partial charge in [-0.3, -0.25) is 14.7 Å². The maximum absolute atomic E-state index is 13.2. The van der Waals surface area contributed by atoms with E-state index in [0.29, 0.717) is 32.8 Å². The zero-order chi connectivity index (χ0) is 21.3. The number of fused-ring (bicyclic) bond motifs is 1. The van der Waals surface area contributed by atoms with Crippen molar-refractivity contribution >= 4 is 44.1 Å². The summed E-state index contributed by atoms with van der Waals surface area (Å²) in [6.45, 7) is 0. The van der Waals surface area contributed by atoms with Gasteiger partial charge in [0.15, 0.2) is 5.75 Å². The first-order valence-electron chi connectivity index (χ1n) is 8.61. The molecule has 1 N–H and O–H groups in total. The van der Waals surface area contributed by atoms with E-state index < -0.39 is 11.7 Å². The number of hydrogen-bond acceptors (Lipinski definition) is 7. The highest BCUT2D eigenvalue weighted by molar-refractivity contribution is 7.70. The number of nitrogens with zero attached hydrogens (tertiary/aromatic N) is 1. The van der Waals surface area contributed by atoms with Crippen molar-refractivity contribution in [2.45, 2.75) is 0 Å². The van der Waals surface area contributed by atoms with E-state index in [1.54, 1.807) is 49.6 Å². The monoisotopic (exact) mass is 462 g/mol. The lowest BCUT2D eigenvalue weighted by atomic mass is 10.2. The number of carbonyl (C=O) groups excluding carboxylic acids is 1. The SMILES string of the molecule is COc1ccc(-n2c3cssc-3c(NC(=O)Oc3ccccc3Cl)c2=O)c(OC)c1. The maximum atomic E-state index is 13.2. The highest BCUT2D eigenvalue weighted by Gasteiger charge is 2.27. The number of aromatic nitrogens is 1. The Morgan fingerprint density at radius 2 is 1.90 bits per heavy atom. The molecule has 4 rings (SSSR count). The van der Waals surface area contributed by atoms with Crippen molar-refractivity contribution in [1.82, 2.24) is 4.57 Å². The van der Waals surface area contributed by atoms with Gasteiger partial charge in [-0.25, -0.2) is 4.79 Å². The Morgan fingerprint density at radius 3 is 2.63 bits per heavy atom. The van der Waals surface area contributed by atoms with Gasteiger partial charge in [-0.15, -0.1) is 0 Å². The third-order valence-corrected chi connectivity index (χ3v) is 6.69. The van der Waals surface area contributed by atoms with Gasteiger partial charge in [0.25, 0.3) is 5.56 Å². The lowest BCUT2D eigenvalue weighted by Gasteiger charge is -2.11. The molecule has 2 aromatic rings. The van der Waals surface area contributed by atoms with Crippen LogP contribution in [0.5, 0.6) is 17.2 Å². The molecule has 154 valence electrons. The molecule has 2 heterocycles. The summed E-state index contributed by atoms with van der Waals surface area (Å²) in [5.74, 6) is 1.26. The predicted octanol–water partition coefficient (Wildman–Crippen LogP) is 5.35. The van der Waals surface area contributed by atoms with Gasteiger partial charge in [0.05, 0.1) is 35.5 Å². The second kappa shape index (κ2) is 8.39. The third-order valence-electron chi connectivity index (χ3n) is 4.30. The summed E-state index contributed by atoms with van der Waals surface area (Å²) in [4.78, 5) is 26.3. The fraction of sp³-hybridized carbons (Fsp3) is 0.100. The molecule has 2 aliphatic rings. The fourth-order valence-corrected chi connectivity index (χ4v) is 5.31. The summed E-state index contributed by atoms with van der Waals surface area (Å²) in [6, 6.07) is 11.7. The molecule has 2 aliphatic heterocycles. The molecule has 0 radical (unpaired) electrons. The Balaban J connectivity index is 1.73. The quantitative estimate of drug-likeness (QED) is 0.404. The van der Waals surface area contributed by atoms with E-state index in [0.717, 1.165) is 0 Å². The van der Waals surface area contributed by atoms with Crippen molar-refractivity contribution in [2.75, 3.05) is 19.5 Å². The first-order valence-corrected chi connectivity index (χ1v) is 11.2. The minimum Gasteiger partial charge on any atom is -0.497 e. The molecule has 10 heteroatoms. The number of hydrogen-bond donors (Lipinski definition) is 1. The van der Waals surface area contributed by atoms with Gasteiger partial charge >= 0.3 is 6.09 Å². The Bertz CT molecular complexity index is 1250. The Hall–Kier alpha value is -3.01. The average molecular weight is 463 g/mol. The fourth-order valence-electron chi connectivity index (χ4n) is 2.93. The highest BCUT2D eigenvalue weighted by atomic mass is 35.5. The number of para-hydroxylation sites is 1. The number of amides is 1. The van der Waals surface area contributed by atoms with E-state index in [4.69, 9.17) is 25.8 Å². The van der Waals surface area contributed by atoms with Crippen molar-refractivity contribution in [2.24, 2.45) is 0 Å². The van der Waals surface area contributed by atoms with E-state index in [2.05, 4.69) is 5.32 Å². The molecule has 0 spiro atoms. The van der Waals surface area contributed by atoms with Crippen LogP contribution in [0.4, 0.5) is 10.5 Å². The summed E-state index contributed by atoms with van der Waals surface area (Å²) in [5.41, 5.74) is 0.924. The molecule has 0 aromatic heterocycles. The van der Waals surface area contributed by atoms with Crippen LogP contribution in [0.2, 0.25) is 5.02 Å². The highest BCUT2D eigenvalue weighted by Crippen LogP contribution is 2.41. The number of halogens is 1.